The summed E-state index contributed by atoms with van der Waals surface area (Å²) in [7, 11) is 3.03. The van der Waals surface area contributed by atoms with Gasteiger partial charge in [-0.05, 0) is 35.1 Å². The van der Waals surface area contributed by atoms with Crippen LogP contribution in [0.4, 0.5) is 4.39 Å². The molecule has 82 valence electrons. The van der Waals surface area contributed by atoms with E-state index in [2.05, 4.69) is 21.2 Å². The molecule has 1 N–H and O–H groups in total. The van der Waals surface area contributed by atoms with Gasteiger partial charge < -0.3 is 10.1 Å². The molecule has 0 atom stereocenters. The number of hydrogen-bond acceptors (Lipinski definition) is 3. The molecule has 3 nitrogen and oxygen atoms in total. The van der Waals surface area contributed by atoms with Gasteiger partial charge in [-0.1, -0.05) is 0 Å². The number of likely N-dealkylation sites (N-methyl/N-ethyl adjacent to an activating group) is 1. The van der Waals surface area contributed by atoms with Gasteiger partial charge in [-0.2, -0.15) is 0 Å². The normalized spacial score (nSPS) is 10.1. The van der Waals surface area contributed by atoms with Gasteiger partial charge in [0.2, 0.25) is 0 Å². The Morgan fingerprint density at radius 1 is 1.60 bits per heavy atom. The number of carbonyl (C=O) groups is 1. The standard InChI is InChI=1S/C10H11BrFNO2/c1-13-5-9(14)6-3-7(11)10(15-2)8(12)4-6/h3-4,13H,5H2,1-2H3. The minimum absolute atomic E-state index is 0.107. The highest BCUT2D eigenvalue weighted by Crippen LogP contribution is 2.29. The molecule has 0 aliphatic heterocycles. The predicted molar refractivity (Wildman–Crippen MR) is 58.9 cm³/mol. The summed E-state index contributed by atoms with van der Waals surface area (Å²) in [5, 5.41) is 2.71. The summed E-state index contributed by atoms with van der Waals surface area (Å²) in [4.78, 5) is 11.5. The molecule has 0 saturated carbocycles. The molecule has 0 aliphatic rings. The lowest BCUT2D eigenvalue weighted by atomic mass is 10.1. The summed E-state index contributed by atoms with van der Waals surface area (Å²) in [5.41, 5.74) is 0.314. The first-order valence-corrected chi connectivity index (χ1v) is 5.10. The Morgan fingerprint density at radius 2 is 2.27 bits per heavy atom. The van der Waals surface area contributed by atoms with Gasteiger partial charge in [0.25, 0.3) is 0 Å². The predicted octanol–water partition coefficient (Wildman–Crippen LogP) is 2.00. The van der Waals surface area contributed by atoms with Crippen LogP contribution >= 0.6 is 15.9 Å². The van der Waals surface area contributed by atoms with Crippen molar-refractivity contribution in [3.05, 3.63) is 28.0 Å². The zero-order valence-corrected chi connectivity index (χ0v) is 10.0. The Balaban J connectivity index is 3.08. The van der Waals surface area contributed by atoms with Gasteiger partial charge in [0.15, 0.2) is 17.3 Å². The molecule has 0 amide bonds. The van der Waals surface area contributed by atoms with E-state index in [-0.39, 0.29) is 18.1 Å². The van der Waals surface area contributed by atoms with Crippen molar-refractivity contribution in [3.8, 4) is 5.75 Å². The van der Waals surface area contributed by atoms with Gasteiger partial charge in [-0.25, -0.2) is 4.39 Å². The van der Waals surface area contributed by atoms with E-state index in [0.29, 0.717) is 10.0 Å². The molecule has 0 aromatic heterocycles. The molecule has 5 heteroatoms. The summed E-state index contributed by atoms with van der Waals surface area (Å²) in [6, 6.07) is 2.71. The maximum atomic E-state index is 13.4. The highest BCUT2D eigenvalue weighted by Gasteiger charge is 2.13. The molecule has 1 aromatic rings. The fourth-order valence-corrected chi connectivity index (χ4v) is 1.78. The van der Waals surface area contributed by atoms with Crippen molar-refractivity contribution in [3.63, 3.8) is 0 Å². The molecule has 0 unspecified atom stereocenters. The van der Waals surface area contributed by atoms with Crippen LogP contribution in [0.25, 0.3) is 0 Å². The van der Waals surface area contributed by atoms with Crippen LogP contribution in [0.2, 0.25) is 0 Å². The van der Waals surface area contributed by atoms with Crippen LogP contribution in [0.15, 0.2) is 16.6 Å². The second-order valence-electron chi connectivity index (χ2n) is 2.93. The van der Waals surface area contributed by atoms with E-state index >= 15 is 0 Å². The number of methoxy groups -OCH3 is 1. The Morgan fingerprint density at radius 3 is 2.73 bits per heavy atom. The summed E-state index contributed by atoms with van der Waals surface area (Å²) < 4.78 is 18.6. The minimum Gasteiger partial charge on any atom is -0.492 e. The fourth-order valence-electron chi connectivity index (χ4n) is 1.18. The number of carbonyl (C=O) groups excluding carboxylic acids is 1. The van der Waals surface area contributed by atoms with E-state index in [0.717, 1.165) is 0 Å². The van der Waals surface area contributed by atoms with Crippen molar-refractivity contribution in [2.75, 3.05) is 20.7 Å². The minimum atomic E-state index is -0.550. The molecule has 0 heterocycles. The van der Waals surface area contributed by atoms with Gasteiger partial charge in [0.1, 0.15) is 0 Å². The number of nitrogens with one attached hydrogen (secondary N) is 1. The van der Waals surface area contributed by atoms with Crippen molar-refractivity contribution in [2.24, 2.45) is 0 Å². The van der Waals surface area contributed by atoms with Crippen LogP contribution < -0.4 is 10.1 Å². The third-order valence-electron chi connectivity index (χ3n) is 1.86. The molecule has 15 heavy (non-hydrogen) atoms. The summed E-state index contributed by atoms with van der Waals surface area (Å²) in [5.74, 6) is -0.609. The summed E-state index contributed by atoms with van der Waals surface area (Å²) >= 11 is 3.14. The molecule has 0 radical (unpaired) electrons. The number of ketones is 1. The van der Waals surface area contributed by atoms with Crippen molar-refractivity contribution in [1.29, 1.82) is 0 Å². The van der Waals surface area contributed by atoms with E-state index in [1.165, 1.54) is 13.2 Å². The number of ether oxygens (including phenoxy) is 1. The summed E-state index contributed by atoms with van der Waals surface area (Å²) in [6.45, 7) is 0.179. The molecule has 0 spiro atoms. The Kier molecular flexibility index (Phi) is 4.23. The maximum absolute atomic E-state index is 13.4. The van der Waals surface area contributed by atoms with Crippen LogP contribution in [-0.4, -0.2) is 26.5 Å². The zero-order valence-electron chi connectivity index (χ0n) is 8.43. The third kappa shape index (κ3) is 2.76. The number of benzene rings is 1. The average Bonchev–Trinajstić information content (AvgIpc) is 2.17. The van der Waals surface area contributed by atoms with Crippen LogP contribution in [0.5, 0.6) is 5.75 Å². The number of hydrogen-bond donors (Lipinski definition) is 1. The van der Waals surface area contributed by atoms with Crippen molar-refractivity contribution in [2.45, 2.75) is 0 Å². The summed E-state index contributed by atoms with van der Waals surface area (Å²) in [6.07, 6.45) is 0. The maximum Gasteiger partial charge on any atom is 0.176 e. The lowest BCUT2D eigenvalue weighted by Gasteiger charge is -2.07. The van der Waals surface area contributed by atoms with E-state index in [9.17, 15) is 9.18 Å². The SMILES string of the molecule is CNCC(=O)c1cc(F)c(OC)c(Br)c1. The molecular formula is C10H11BrFNO2. The molecular weight excluding hydrogens is 265 g/mol. The van der Waals surface area contributed by atoms with Crippen LogP contribution in [0.3, 0.4) is 0 Å². The smallest absolute Gasteiger partial charge is 0.176 e. The van der Waals surface area contributed by atoms with Gasteiger partial charge in [0.05, 0.1) is 18.1 Å². The molecule has 1 aromatic carbocycles. The van der Waals surface area contributed by atoms with E-state index in [4.69, 9.17) is 4.74 Å². The molecule has 0 aliphatic carbocycles. The molecule has 1 rings (SSSR count). The molecule has 0 bridgehead atoms. The van der Waals surface area contributed by atoms with Gasteiger partial charge in [-0.3, -0.25) is 4.79 Å². The fraction of sp³-hybridized carbons (Fsp3) is 0.300. The van der Waals surface area contributed by atoms with Gasteiger partial charge in [-0.15, -0.1) is 0 Å². The highest BCUT2D eigenvalue weighted by molar-refractivity contribution is 9.10. The largest absolute Gasteiger partial charge is 0.492 e. The van der Waals surface area contributed by atoms with E-state index in [1.54, 1.807) is 13.1 Å². The lowest BCUT2D eigenvalue weighted by Crippen LogP contribution is -2.18. The van der Waals surface area contributed by atoms with Gasteiger partial charge in [0, 0.05) is 5.56 Å². The highest BCUT2D eigenvalue weighted by atomic mass is 79.9. The first-order valence-electron chi connectivity index (χ1n) is 4.31. The molecule has 0 fully saturated rings. The first kappa shape index (κ1) is 12.1. The first-order chi connectivity index (χ1) is 7.10. The Labute approximate surface area is 95.7 Å². The Hall–Kier alpha value is -0.940. The van der Waals surface area contributed by atoms with Crippen LogP contribution in [0, 0.1) is 5.82 Å². The second-order valence-corrected chi connectivity index (χ2v) is 3.78. The Bertz CT molecular complexity index is 359. The van der Waals surface area contributed by atoms with Crippen molar-refractivity contribution < 1.29 is 13.9 Å². The van der Waals surface area contributed by atoms with Crippen molar-refractivity contribution in [1.82, 2.24) is 5.32 Å². The van der Waals surface area contributed by atoms with Crippen LogP contribution in [0.1, 0.15) is 10.4 Å². The van der Waals surface area contributed by atoms with Gasteiger partial charge >= 0.3 is 0 Å². The number of halogens is 2. The second kappa shape index (κ2) is 5.23. The topological polar surface area (TPSA) is 38.3 Å². The number of Topliss-reactive ketones (excluding diaryl/α,β-unsaturated/α-hetero) is 1. The monoisotopic (exact) mass is 275 g/mol. The zero-order chi connectivity index (χ0) is 11.4. The quantitative estimate of drug-likeness (QED) is 0.855. The third-order valence-corrected chi connectivity index (χ3v) is 2.45. The van der Waals surface area contributed by atoms with Crippen LogP contribution in [-0.2, 0) is 0 Å². The van der Waals surface area contributed by atoms with Crippen molar-refractivity contribution >= 4 is 21.7 Å². The number of rotatable bonds is 4. The molecule has 0 saturated heterocycles. The van der Waals surface area contributed by atoms with E-state index < -0.39 is 5.82 Å². The lowest BCUT2D eigenvalue weighted by molar-refractivity contribution is 0.0993. The van der Waals surface area contributed by atoms with E-state index in [1.807, 2.05) is 0 Å². The average molecular weight is 276 g/mol.